The zero-order chi connectivity index (χ0) is 10.7. The smallest absolute Gasteiger partial charge is 0.0992 e. The lowest BCUT2D eigenvalue weighted by Crippen LogP contribution is -2.21. The second kappa shape index (κ2) is 4.55. The number of halogens is 1. The number of rotatable bonds is 3. The van der Waals surface area contributed by atoms with E-state index in [4.69, 9.17) is 16.9 Å². The fraction of sp³-hybridized carbons (Fsp3) is 0.417. The van der Waals surface area contributed by atoms with Crippen molar-refractivity contribution in [1.29, 1.82) is 5.26 Å². The maximum absolute atomic E-state index is 8.77. The van der Waals surface area contributed by atoms with Crippen molar-refractivity contribution in [3.05, 3.63) is 28.8 Å². The quantitative estimate of drug-likeness (QED) is 0.847. The SMILES string of the molecule is N#Cc1ccc(Cl)c(NCC2CCC2)c1. The van der Waals surface area contributed by atoms with E-state index in [0.717, 1.165) is 18.2 Å². The molecule has 0 aromatic heterocycles. The van der Waals surface area contributed by atoms with Gasteiger partial charge >= 0.3 is 0 Å². The van der Waals surface area contributed by atoms with Crippen LogP contribution >= 0.6 is 11.6 Å². The van der Waals surface area contributed by atoms with Gasteiger partial charge in [-0.25, -0.2) is 0 Å². The largest absolute Gasteiger partial charge is 0.384 e. The third-order valence-electron chi connectivity index (χ3n) is 2.90. The van der Waals surface area contributed by atoms with Crippen molar-refractivity contribution in [3.63, 3.8) is 0 Å². The van der Waals surface area contributed by atoms with Crippen molar-refractivity contribution in [1.82, 2.24) is 0 Å². The van der Waals surface area contributed by atoms with Gasteiger partial charge in [0.2, 0.25) is 0 Å². The first-order valence-corrected chi connectivity index (χ1v) is 5.61. The third-order valence-corrected chi connectivity index (χ3v) is 3.23. The summed E-state index contributed by atoms with van der Waals surface area (Å²) in [7, 11) is 0. The topological polar surface area (TPSA) is 35.8 Å². The van der Waals surface area contributed by atoms with E-state index in [1.54, 1.807) is 18.2 Å². The molecular weight excluding hydrogens is 208 g/mol. The molecule has 0 aliphatic heterocycles. The molecule has 78 valence electrons. The molecule has 2 nitrogen and oxygen atoms in total. The third kappa shape index (κ3) is 2.43. The molecule has 0 amide bonds. The van der Waals surface area contributed by atoms with Crippen LogP contribution in [0.2, 0.25) is 5.02 Å². The van der Waals surface area contributed by atoms with E-state index < -0.39 is 0 Å². The Bertz CT molecular complexity index is 391. The summed E-state index contributed by atoms with van der Waals surface area (Å²) in [5, 5.41) is 12.8. The summed E-state index contributed by atoms with van der Waals surface area (Å²) in [6.07, 6.45) is 3.96. The fourth-order valence-corrected chi connectivity index (χ4v) is 1.87. The minimum absolute atomic E-state index is 0.649. The standard InChI is InChI=1S/C12H13ClN2/c13-11-5-4-10(7-14)6-12(11)15-8-9-2-1-3-9/h4-6,9,15H,1-3,8H2. The molecule has 1 fully saturated rings. The summed E-state index contributed by atoms with van der Waals surface area (Å²) in [5.41, 5.74) is 1.53. The Kier molecular flexibility index (Phi) is 3.13. The van der Waals surface area contributed by atoms with Gasteiger partial charge in [-0.2, -0.15) is 5.26 Å². The summed E-state index contributed by atoms with van der Waals surface area (Å²) < 4.78 is 0. The van der Waals surface area contributed by atoms with E-state index in [0.29, 0.717) is 10.6 Å². The van der Waals surface area contributed by atoms with Crippen LogP contribution in [0, 0.1) is 17.2 Å². The second-order valence-electron chi connectivity index (χ2n) is 3.98. The Morgan fingerprint density at radius 3 is 2.87 bits per heavy atom. The van der Waals surface area contributed by atoms with Gasteiger partial charge < -0.3 is 5.32 Å². The van der Waals surface area contributed by atoms with Crippen molar-refractivity contribution >= 4 is 17.3 Å². The Morgan fingerprint density at radius 1 is 1.47 bits per heavy atom. The number of hydrogen-bond acceptors (Lipinski definition) is 2. The van der Waals surface area contributed by atoms with Gasteiger partial charge in [-0.05, 0) is 37.0 Å². The van der Waals surface area contributed by atoms with Crippen molar-refractivity contribution in [2.45, 2.75) is 19.3 Å². The average molecular weight is 221 g/mol. The minimum Gasteiger partial charge on any atom is -0.384 e. The van der Waals surface area contributed by atoms with E-state index >= 15 is 0 Å². The summed E-state index contributed by atoms with van der Waals surface area (Å²) in [6.45, 7) is 0.967. The zero-order valence-electron chi connectivity index (χ0n) is 8.46. The summed E-state index contributed by atoms with van der Waals surface area (Å²) >= 11 is 6.03. The van der Waals surface area contributed by atoms with Crippen LogP contribution in [0.5, 0.6) is 0 Å². The van der Waals surface area contributed by atoms with Crippen LogP contribution < -0.4 is 5.32 Å². The highest BCUT2D eigenvalue weighted by Crippen LogP contribution is 2.28. The normalized spacial score (nSPS) is 15.5. The minimum atomic E-state index is 0.649. The number of nitrogens with zero attached hydrogens (tertiary/aromatic N) is 1. The van der Waals surface area contributed by atoms with Crippen LogP contribution in [0.3, 0.4) is 0 Å². The van der Waals surface area contributed by atoms with E-state index in [9.17, 15) is 0 Å². The molecule has 0 saturated heterocycles. The van der Waals surface area contributed by atoms with Crippen LogP contribution in [-0.4, -0.2) is 6.54 Å². The van der Waals surface area contributed by atoms with Gasteiger partial charge in [-0.1, -0.05) is 18.0 Å². The zero-order valence-corrected chi connectivity index (χ0v) is 9.22. The average Bonchev–Trinajstić information content (AvgIpc) is 2.18. The molecule has 0 spiro atoms. The van der Waals surface area contributed by atoms with Crippen LogP contribution in [-0.2, 0) is 0 Å². The molecule has 0 radical (unpaired) electrons. The lowest BCUT2D eigenvalue weighted by Gasteiger charge is -2.26. The van der Waals surface area contributed by atoms with Crippen molar-refractivity contribution < 1.29 is 0 Å². The first-order chi connectivity index (χ1) is 7.29. The van der Waals surface area contributed by atoms with Gasteiger partial charge in [0.25, 0.3) is 0 Å². The molecule has 15 heavy (non-hydrogen) atoms. The number of anilines is 1. The van der Waals surface area contributed by atoms with Gasteiger partial charge in [0.15, 0.2) is 0 Å². The van der Waals surface area contributed by atoms with Crippen molar-refractivity contribution in [2.24, 2.45) is 5.92 Å². The van der Waals surface area contributed by atoms with Crippen molar-refractivity contribution in [3.8, 4) is 6.07 Å². The first kappa shape index (κ1) is 10.3. The van der Waals surface area contributed by atoms with E-state index in [1.807, 2.05) is 0 Å². The number of nitriles is 1. The highest BCUT2D eigenvalue weighted by molar-refractivity contribution is 6.33. The molecule has 1 aliphatic rings. The predicted molar refractivity (Wildman–Crippen MR) is 62.0 cm³/mol. The van der Waals surface area contributed by atoms with Crippen molar-refractivity contribution in [2.75, 3.05) is 11.9 Å². The number of nitrogens with one attached hydrogen (secondary N) is 1. The molecular formula is C12H13ClN2. The molecule has 0 bridgehead atoms. The second-order valence-corrected chi connectivity index (χ2v) is 4.39. The molecule has 0 atom stereocenters. The number of hydrogen-bond donors (Lipinski definition) is 1. The summed E-state index contributed by atoms with van der Waals surface area (Å²) in [4.78, 5) is 0. The molecule has 1 aromatic rings. The van der Waals surface area contributed by atoms with Crippen LogP contribution in [0.4, 0.5) is 5.69 Å². The monoisotopic (exact) mass is 220 g/mol. The summed E-state index contributed by atoms with van der Waals surface area (Å²) in [5.74, 6) is 0.784. The Hall–Kier alpha value is -1.20. The Morgan fingerprint density at radius 2 is 2.27 bits per heavy atom. The highest BCUT2D eigenvalue weighted by atomic mass is 35.5. The Labute approximate surface area is 94.9 Å². The molecule has 1 saturated carbocycles. The van der Waals surface area contributed by atoms with Gasteiger partial charge in [-0.15, -0.1) is 0 Å². The van der Waals surface area contributed by atoms with E-state index in [2.05, 4.69) is 11.4 Å². The van der Waals surface area contributed by atoms with Crippen LogP contribution in [0.15, 0.2) is 18.2 Å². The molecule has 0 unspecified atom stereocenters. The van der Waals surface area contributed by atoms with Gasteiger partial charge in [0, 0.05) is 6.54 Å². The Balaban J connectivity index is 2.02. The van der Waals surface area contributed by atoms with Crippen LogP contribution in [0.1, 0.15) is 24.8 Å². The summed E-state index contributed by atoms with van der Waals surface area (Å²) in [6, 6.07) is 7.42. The molecule has 2 rings (SSSR count). The molecule has 1 N–H and O–H groups in total. The van der Waals surface area contributed by atoms with E-state index in [1.165, 1.54) is 19.3 Å². The lowest BCUT2D eigenvalue weighted by molar-refractivity contribution is 0.333. The maximum atomic E-state index is 8.77. The van der Waals surface area contributed by atoms with Gasteiger partial charge in [0.1, 0.15) is 0 Å². The highest BCUT2D eigenvalue weighted by Gasteiger charge is 2.17. The first-order valence-electron chi connectivity index (χ1n) is 5.23. The molecule has 1 aliphatic carbocycles. The van der Waals surface area contributed by atoms with Gasteiger partial charge in [-0.3, -0.25) is 0 Å². The number of benzene rings is 1. The molecule has 3 heteroatoms. The lowest BCUT2D eigenvalue weighted by atomic mass is 9.85. The van der Waals surface area contributed by atoms with E-state index in [-0.39, 0.29) is 0 Å². The maximum Gasteiger partial charge on any atom is 0.0992 e. The van der Waals surface area contributed by atoms with Crippen LogP contribution in [0.25, 0.3) is 0 Å². The van der Waals surface area contributed by atoms with Gasteiger partial charge in [0.05, 0.1) is 22.3 Å². The molecule has 0 heterocycles. The fourth-order valence-electron chi connectivity index (χ4n) is 1.68. The molecule has 1 aromatic carbocycles. The predicted octanol–water partition coefficient (Wildman–Crippen LogP) is 3.42.